The topological polar surface area (TPSA) is 26.3 Å². The zero-order chi connectivity index (χ0) is 11.0. The number of Topliss-reactive ketones (excluding diaryl/α,β-unsaturated/α-hetero) is 1. The number of carbonyl (C=O) groups is 1. The monoisotopic (exact) mass is 198 g/mol. The van der Waals surface area contributed by atoms with Crippen molar-refractivity contribution in [2.24, 2.45) is 11.8 Å². The van der Waals surface area contributed by atoms with E-state index < -0.39 is 0 Å². The molecule has 0 spiro atoms. The summed E-state index contributed by atoms with van der Waals surface area (Å²) in [5.74, 6) is 0.780. The summed E-state index contributed by atoms with van der Waals surface area (Å²) in [4.78, 5) is 11.6. The first-order valence-electron chi connectivity index (χ1n) is 5.35. The van der Waals surface area contributed by atoms with Gasteiger partial charge < -0.3 is 4.74 Å². The lowest BCUT2D eigenvalue weighted by atomic mass is 9.90. The Morgan fingerprint density at radius 3 is 2.57 bits per heavy atom. The van der Waals surface area contributed by atoms with Crippen molar-refractivity contribution in [3.05, 3.63) is 12.2 Å². The number of allylic oxidation sites excluding steroid dienone is 1. The molecule has 0 aliphatic heterocycles. The molecule has 2 heteroatoms. The third-order valence-corrected chi connectivity index (χ3v) is 2.70. The average molecular weight is 198 g/mol. The van der Waals surface area contributed by atoms with Gasteiger partial charge in [-0.05, 0) is 12.8 Å². The van der Waals surface area contributed by atoms with Crippen LogP contribution in [0.5, 0.6) is 0 Å². The van der Waals surface area contributed by atoms with Crippen LogP contribution in [0, 0.1) is 11.8 Å². The minimum atomic E-state index is 0.116. The van der Waals surface area contributed by atoms with Gasteiger partial charge in [-0.2, -0.15) is 0 Å². The second kappa shape index (κ2) is 7.74. The van der Waals surface area contributed by atoms with Gasteiger partial charge in [0.1, 0.15) is 6.61 Å². The smallest absolute Gasteiger partial charge is 0.161 e. The Morgan fingerprint density at radius 2 is 2.07 bits per heavy atom. The molecule has 0 aromatic rings. The zero-order valence-corrected chi connectivity index (χ0v) is 9.75. The van der Waals surface area contributed by atoms with Gasteiger partial charge in [0, 0.05) is 5.92 Å². The molecule has 0 aliphatic rings. The van der Waals surface area contributed by atoms with E-state index in [0.717, 1.165) is 6.42 Å². The highest BCUT2D eigenvalue weighted by Crippen LogP contribution is 2.15. The Labute approximate surface area is 87.3 Å². The maximum Gasteiger partial charge on any atom is 0.161 e. The molecular weight excluding hydrogens is 176 g/mol. The third-order valence-electron chi connectivity index (χ3n) is 2.70. The molecule has 2 nitrogen and oxygen atoms in total. The van der Waals surface area contributed by atoms with Crippen molar-refractivity contribution < 1.29 is 9.53 Å². The van der Waals surface area contributed by atoms with Crippen LogP contribution in [-0.4, -0.2) is 19.0 Å². The lowest BCUT2D eigenvalue weighted by Crippen LogP contribution is -2.22. The van der Waals surface area contributed by atoms with Crippen molar-refractivity contribution in [1.82, 2.24) is 0 Å². The molecule has 0 amide bonds. The van der Waals surface area contributed by atoms with E-state index in [0.29, 0.717) is 12.5 Å². The van der Waals surface area contributed by atoms with E-state index in [4.69, 9.17) is 4.74 Å². The lowest BCUT2D eigenvalue weighted by molar-refractivity contribution is -0.128. The number of ether oxygens (including phenoxy) is 1. The van der Waals surface area contributed by atoms with E-state index in [2.05, 4.69) is 13.8 Å². The van der Waals surface area contributed by atoms with Gasteiger partial charge in [0.15, 0.2) is 5.78 Å². The van der Waals surface area contributed by atoms with Crippen molar-refractivity contribution >= 4 is 5.78 Å². The SMILES string of the molecule is C/C=C/COCC(=O)C(C)C(C)CC. The number of carbonyl (C=O) groups excluding carboxylic acids is 1. The van der Waals surface area contributed by atoms with Crippen LogP contribution in [0.15, 0.2) is 12.2 Å². The Morgan fingerprint density at radius 1 is 1.43 bits per heavy atom. The van der Waals surface area contributed by atoms with E-state index >= 15 is 0 Å². The van der Waals surface area contributed by atoms with Crippen molar-refractivity contribution in [3.8, 4) is 0 Å². The summed E-state index contributed by atoms with van der Waals surface area (Å²) in [7, 11) is 0. The molecular formula is C12H22O2. The van der Waals surface area contributed by atoms with Crippen LogP contribution >= 0.6 is 0 Å². The van der Waals surface area contributed by atoms with E-state index in [1.165, 1.54) is 0 Å². The molecule has 14 heavy (non-hydrogen) atoms. The van der Waals surface area contributed by atoms with E-state index in [9.17, 15) is 4.79 Å². The fourth-order valence-electron chi connectivity index (χ4n) is 1.13. The van der Waals surface area contributed by atoms with Crippen LogP contribution < -0.4 is 0 Å². The summed E-state index contributed by atoms with van der Waals surface area (Å²) < 4.78 is 5.22. The maximum atomic E-state index is 11.6. The molecule has 0 bridgehead atoms. The summed E-state index contributed by atoms with van der Waals surface area (Å²) in [6, 6.07) is 0. The molecule has 2 unspecified atom stereocenters. The van der Waals surface area contributed by atoms with Crippen molar-refractivity contribution in [1.29, 1.82) is 0 Å². The summed E-state index contributed by atoms with van der Waals surface area (Å²) in [5, 5.41) is 0. The van der Waals surface area contributed by atoms with Gasteiger partial charge in [-0.15, -0.1) is 0 Å². The van der Waals surface area contributed by atoms with E-state index in [1.807, 2.05) is 26.0 Å². The zero-order valence-electron chi connectivity index (χ0n) is 9.75. The van der Waals surface area contributed by atoms with E-state index in [-0.39, 0.29) is 18.3 Å². The summed E-state index contributed by atoms with van der Waals surface area (Å²) in [5.41, 5.74) is 0. The van der Waals surface area contributed by atoms with Crippen molar-refractivity contribution in [2.75, 3.05) is 13.2 Å². The molecule has 0 aromatic heterocycles. The number of rotatable bonds is 7. The third kappa shape index (κ3) is 5.18. The van der Waals surface area contributed by atoms with Crippen LogP contribution in [0.1, 0.15) is 34.1 Å². The summed E-state index contributed by atoms with van der Waals surface area (Å²) >= 11 is 0. The molecule has 0 saturated heterocycles. The van der Waals surface area contributed by atoms with Gasteiger partial charge in [-0.25, -0.2) is 0 Å². The average Bonchev–Trinajstić information content (AvgIpc) is 2.21. The maximum absolute atomic E-state index is 11.6. The molecule has 0 N–H and O–H groups in total. The van der Waals surface area contributed by atoms with Crippen molar-refractivity contribution in [2.45, 2.75) is 34.1 Å². The predicted molar refractivity (Wildman–Crippen MR) is 59.3 cm³/mol. The van der Waals surface area contributed by atoms with E-state index in [1.54, 1.807) is 0 Å². The van der Waals surface area contributed by atoms with Gasteiger partial charge in [0.2, 0.25) is 0 Å². The summed E-state index contributed by atoms with van der Waals surface area (Å²) in [6.07, 6.45) is 4.87. The molecule has 82 valence electrons. The fourth-order valence-corrected chi connectivity index (χ4v) is 1.13. The largest absolute Gasteiger partial charge is 0.370 e. The van der Waals surface area contributed by atoms with Crippen LogP contribution in [0.25, 0.3) is 0 Å². The highest BCUT2D eigenvalue weighted by Gasteiger charge is 2.18. The number of ketones is 1. The molecule has 0 heterocycles. The van der Waals surface area contributed by atoms with Gasteiger partial charge in [0.05, 0.1) is 6.61 Å². The summed E-state index contributed by atoms with van der Waals surface area (Å²) in [6.45, 7) is 8.91. The van der Waals surface area contributed by atoms with Gasteiger partial charge in [0.25, 0.3) is 0 Å². The van der Waals surface area contributed by atoms with Crippen LogP contribution in [0.3, 0.4) is 0 Å². The normalized spacial score (nSPS) is 15.7. The van der Waals surface area contributed by atoms with Crippen LogP contribution in [-0.2, 0) is 9.53 Å². The Kier molecular flexibility index (Phi) is 7.40. The molecule has 0 fully saturated rings. The Balaban J connectivity index is 3.72. The highest BCUT2D eigenvalue weighted by molar-refractivity contribution is 5.82. The Bertz CT molecular complexity index is 185. The minimum absolute atomic E-state index is 0.116. The highest BCUT2D eigenvalue weighted by atomic mass is 16.5. The number of hydrogen-bond acceptors (Lipinski definition) is 2. The molecule has 0 radical (unpaired) electrons. The minimum Gasteiger partial charge on any atom is -0.370 e. The lowest BCUT2D eigenvalue weighted by Gasteiger charge is -2.16. The standard InChI is InChI=1S/C12H22O2/c1-5-7-8-14-9-12(13)11(4)10(3)6-2/h5,7,10-11H,6,8-9H2,1-4H3/b7-5+. The van der Waals surface area contributed by atoms with Crippen LogP contribution in [0.4, 0.5) is 0 Å². The Hall–Kier alpha value is -0.630. The molecule has 0 aliphatic carbocycles. The second-order valence-electron chi connectivity index (χ2n) is 3.72. The first-order chi connectivity index (χ1) is 6.63. The fraction of sp³-hybridized carbons (Fsp3) is 0.750. The van der Waals surface area contributed by atoms with Crippen LogP contribution in [0.2, 0.25) is 0 Å². The van der Waals surface area contributed by atoms with Gasteiger partial charge in [-0.3, -0.25) is 4.79 Å². The molecule has 0 saturated carbocycles. The van der Waals surface area contributed by atoms with Gasteiger partial charge >= 0.3 is 0 Å². The second-order valence-corrected chi connectivity index (χ2v) is 3.72. The molecule has 2 atom stereocenters. The number of hydrogen-bond donors (Lipinski definition) is 0. The molecule has 0 aromatic carbocycles. The van der Waals surface area contributed by atoms with Crippen molar-refractivity contribution in [3.63, 3.8) is 0 Å². The van der Waals surface area contributed by atoms with Gasteiger partial charge in [-0.1, -0.05) is 39.3 Å². The molecule has 0 rings (SSSR count). The quantitative estimate of drug-likeness (QED) is 0.464. The first-order valence-corrected chi connectivity index (χ1v) is 5.35. The predicted octanol–water partition coefficient (Wildman–Crippen LogP) is 2.83. The first kappa shape index (κ1) is 13.4.